The van der Waals surface area contributed by atoms with Gasteiger partial charge in [-0.05, 0) is 30.3 Å². The summed E-state index contributed by atoms with van der Waals surface area (Å²) in [6.45, 7) is 1.82. The van der Waals surface area contributed by atoms with Crippen molar-refractivity contribution in [1.29, 1.82) is 0 Å². The number of phenolic OH excluding ortho intramolecular Hbond substituents is 1. The van der Waals surface area contributed by atoms with Gasteiger partial charge >= 0.3 is 0 Å². The minimum atomic E-state index is 0.214. The summed E-state index contributed by atoms with van der Waals surface area (Å²) >= 11 is 0. The molecule has 0 atom stereocenters. The Kier molecular flexibility index (Phi) is 2.72. The number of phenols is 1. The molecular formula is C17H13N3O2. The number of aryl methyl sites for hydroxylation is 1. The second-order valence-corrected chi connectivity index (χ2v) is 5.07. The molecular weight excluding hydrogens is 278 g/mol. The summed E-state index contributed by atoms with van der Waals surface area (Å²) < 4.78 is 5.68. The van der Waals surface area contributed by atoms with E-state index in [1.165, 1.54) is 0 Å². The lowest BCUT2D eigenvalue weighted by Gasteiger charge is -1.99. The van der Waals surface area contributed by atoms with Crippen LogP contribution < -0.4 is 0 Å². The third kappa shape index (κ3) is 1.95. The predicted octanol–water partition coefficient (Wildman–Crippen LogP) is 3.90. The van der Waals surface area contributed by atoms with Crippen LogP contribution in [0, 0.1) is 6.92 Å². The first-order valence-electron chi connectivity index (χ1n) is 6.92. The van der Waals surface area contributed by atoms with E-state index in [9.17, 15) is 5.11 Å². The fourth-order valence-corrected chi connectivity index (χ4v) is 2.56. The van der Waals surface area contributed by atoms with Gasteiger partial charge in [0.25, 0.3) is 0 Å². The number of aromatic amines is 1. The van der Waals surface area contributed by atoms with E-state index in [-0.39, 0.29) is 5.75 Å². The molecule has 0 unspecified atom stereocenters. The van der Waals surface area contributed by atoms with Crippen LogP contribution in [0.5, 0.6) is 5.75 Å². The van der Waals surface area contributed by atoms with Crippen molar-refractivity contribution in [2.24, 2.45) is 0 Å². The second-order valence-electron chi connectivity index (χ2n) is 5.07. The Morgan fingerprint density at radius 1 is 1.05 bits per heavy atom. The van der Waals surface area contributed by atoms with E-state index in [2.05, 4.69) is 15.2 Å². The van der Waals surface area contributed by atoms with Crippen LogP contribution in [0.1, 0.15) is 5.89 Å². The highest BCUT2D eigenvalue weighted by atomic mass is 16.3. The number of nitrogens with one attached hydrogen (secondary N) is 1. The van der Waals surface area contributed by atoms with Gasteiger partial charge < -0.3 is 9.52 Å². The van der Waals surface area contributed by atoms with E-state index < -0.39 is 0 Å². The molecule has 2 aromatic heterocycles. The summed E-state index contributed by atoms with van der Waals surface area (Å²) in [5.74, 6) is 0.838. The van der Waals surface area contributed by atoms with E-state index >= 15 is 0 Å². The molecule has 108 valence electrons. The largest absolute Gasteiger partial charge is 0.507 e. The zero-order chi connectivity index (χ0) is 15.1. The number of H-pyrrole nitrogens is 1. The van der Waals surface area contributed by atoms with Crippen molar-refractivity contribution in [2.45, 2.75) is 6.92 Å². The van der Waals surface area contributed by atoms with Gasteiger partial charge in [0.2, 0.25) is 0 Å². The highest BCUT2D eigenvalue weighted by Gasteiger charge is 2.14. The summed E-state index contributed by atoms with van der Waals surface area (Å²) in [7, 11) is 0. The van der Waals surface area contributed by atoms with Gasteiger partial charge in [0, 0.05) is 18.1 Å². The lowest BCUT2D eigenvalue weighted by atomic mass is 10.1. The first-order valence-corrected chi connectivity index (χ1v) is 6.92. The maximum absolute atomic E-state index is 9.94. The smallest absolute Gasteiger partial charge is 0.192 e. The highest BCUT2D eigenvalue weighted by Crippen LogP contribution is 2.32. The topological polar surface area (TPSA) is 74.9 Å². The molecule has 4 rings (SSSR count). The molecule has 5 heteroatoms. The molecule has 0 amide bonds. The third-order valence-electron chi connectivity index (χ3n) is 3.57. The maximum atomic E-state index is 9.94. The van der Waals surface area contributed by atoms with E-state index in [0.29, 0.717) is 11.5 Å². The third-order valence-corrected chi connectivity index (χ3v) is 3.57. The number of fused-ring (bicyclic) bond motifs is 1. The number of hydrogen-bond donors (Lipinski definition) is 2. The number of nitrogens with zero attached hydrogens (tertiary/aromatic N) is 2. The molecule has 0 radical (unpaired) electrons. The molecule has 5 nitrogen and oxygen atoms in total. The van der Waals surface area contributed by atoms with Crippen molar-refractivity contribution < 1.29 is 9.52 Å². The Morgan fingerprint density at radius 3 is 2.73 bits per heavy atom. The molecule has 0 bridgehead atoms. The summed E-state index contributed by atoms with van der Waals surface area (Å²) in [6, 6.07) is 14.8. The number of aromatic nitrogens is 3. The summed E-state index contributed by atoms with van der Waals surface area (Å²) in [5.41, 5.74) is 4.61. The van der Waals surface area contributed by atoms with Crippen molar-refractivity contribution in [1.82, 2.24) is 15.2 Å². The fourth-order valence-electron chi connectivity index (χ4n) is 2.56. The number of oxazole rings is 1. The monoisotopic (exact) mass is 291 g/mol. The van der Waals surface area contributed by atoms with Crippen LogP contribution in [0.15, 0.2) is 52.9 Å². The van der Waals surface area contributed by atoms with Gasteiger partial charge in [-0.15, -0.1) is 0 Å². The van der Waals surface area contributed by atoms with E-state index in [4.69, 9.17) is 4.42 Å². The molecule has 0 spiro atoms. The molecule has 0 saturated carbocycles. The van der Waals surface area contributed by atoms with Gasteiger partial charge in [0.05, 0.1) is 11.4 Å². The lowest BCUT2D eigenvalue weighted by molar-refractivity contribution is 0.477. The van der Waals surface area contributed by atoms with Crippen molar-refractivity contribution in [3.05, 3.63) is 54.4 Å². The molecule has 0 saturated heterocycles. The summed E-state index contributed by atoms with van der Waals surface area (Å²) in [4.78, 5) is 4.33. The lowest BCUT2D eigenvalue weighted by Crippen LogP contribution is -1.79. The Bertz CT molecular complexity index is 969. The van der Waals surface area contributed by atoms with Crippen molar-refractivity contribution in [2.75, 3.05) is 0 Å². The maximum Gasteiger partial charge on any atom is 0.192 e. The van der Waals surface area contributed by atoms with Crippen molar-refractivity contribution in [3.63, 3.8) is 0 Å². The van der Waals surface area contributed by atoms with Gasteiger partial charge in [0.15, 0.2) is 11.5 Å². The zero-order valence-electron chi connectivity index (χ0n) is 11.9. The quantitative estimate of drug-likeness (QED) is 0.587. The first kappa shape index (κ1) is 12.6. The molecule has 0 aliphatic rings. The number of para-hydroxylation sites is 2. The van der Waals surface area contributed by atoms with Gasteiger partial charge in [-0.25, -0.2) is 4.98 Å². The predicted molar refractivity (Wildman–Crippen MR) is 83.4 cm³/mol. The SMILES string of the molecule is Cc1nc2cccc(-c3cc(-c4ccccc4O)[nH]n3)c2o1. The Hall–Kier alpha value is -3.08. The summed E-state index contributed by atoms with van der Waals surface area (Å²) in [5, 5.41) is 17.2. The van der Waals surface area contributed by atoms with Crippen LogP contribution in [0.3, 0.4) is 0 Å². The molecule has 0 aliphatic heterocycles. The standard InChI is InChI=1S/C17H13N3O2/c1-10-18-13-7-4-6-12(17(13)22-10)15-9-14(19-20-15)11-5-2-3-8-16(11)21/h2-9,21H,1H3,(H,19,20). The van der Waals surface area contributed by atoms with Gasteiger partial charge in [-0.3, -0.25) is 5.10 Å². The normalized spacial score (nSPS) is 11.1. The minimum absolute atomic E-state index is 0.214. The van der Waals surface area contributed by atoms with Crippen molar-refractivity contribution >= 4 is 11.1 Å². The molecule has 2 aromatic carbocycles. The van der Waals surface area contributed by atoms with E-state index in [0.717, 1.165) is 28.1 Å². The zero-order valence-corrected chi connectivity index (χ0v) is 11.9. The molecule has 4 aromatic rings. The van der Waals surface area contributed by atoms with Crippen LogP contribution in [0.4, 0.5) is 0 Å². The molecule has 22 heavy (non-hydrogen) atoms. The van der Waals surface area contributed by atoms with Crippen LogP contribution >= 0.6 is 0 Å². The molecule has 2 heterocycles. The second kappa shape index (κ2) is 4.73. The Balaban J connectivity index is 1.85. The Morgan fingerprint density at radius 2 is 1.86 bits per heavy atom. The molecule has 0 fully saturated rings. The fraction of sp³-hybridized carbons (Fsp3) is 0.0588. The van der Waals surface area contributed by atoms with E-state index in [1.807, 2.05) is 43.3 Å². The average molecular weight is 291 g/mol. The summed E-state index contributed by atoms with van der Waals surface area (Å²) in [6.07, 6.45) is 0. The van der Waals surface area contributed by atoms with Crippen LogP contribution in [-0.2, 0) is 0 Å². The number of hydrogen-bond acceptors (Lipinski definition) is 4. The van der Waals surface area contributed by atoms with Crippen LogP contribution in [-0.4, -0.2) is 20.3 Å². The van der Waals surface area contributed by atoms with Crippen LogP contribution in [0.2, 0.25) is 0 Å². The van der Waals surface area contributed by atoms with Crippen LogP contribution in [0.25, 0.3) is 33.6 Å². The van der Waals surface area contributed by atoms with Gasteiger partial charge in [-0.2, -0.15) is 5.10 Å². The average Bonchev–Trinajstić information content (AvgIpc) is 3.12. The van der Waals surface area contributed by atoms with Gasteiger partial charge in [-0.1, -0.05) is 18.2 Å². The highest BCUT2D eigenvalue weighted by molar-refractivity contribution is 5.90. The molecule has 2 N–H and O–H groups in total. The van der Waals surface area contributed by atoms with Crippen molar-refractivity contribution in [3.8, 4) is 28.3 Å². The number of benzene rings is 2. The number of rotatable bonds is 2. The Labute approximate surface area is 126 Å². The molecule has 0 aliphatic carbocycles. The first-order chi connectivity index (χ1) is 10.7. The number of aromatic hydroxyl groups is 1. The van der Waals surface area contributed by atoms with E-state index in [1.54, 1.807) is 12.1 Å². The van der Waals surface area contributed by atoms with Gasteiger partial charge in [0.1, 0.15) is 11.3 Å². The minimum Gasteiger partial charge on any atom is -0.507 e.